The van der Waals surface area contributed by atoms with Gasteiger partial charge >= 0.3 is 0 Å². The Hall–Kier alpha value is -1.22. The highest BCUT2D eigenvalue weighted by Crippen LogP contribution is 2.19. The van der Waals surface area contributed by atoms with Crippen LogP contribution in [0.25, 0.3) is 0 Å². The quantitative estimate of drug-likeness (QED) is 0.447. The van der Waals surface area contributed by atoms with E-state index in [0.717, 1.165) is 12.8 Å². The smallest absolute Gasteiger partial charge is 0.249 e. The summed E-state index contributed by atoms with van der Waals surface area (Å²) in [4.78, 5) is 25.4. The van der Waals surface area contributed by atoms with Gasteiger partial charge in [0.25, 0.3) is 0 Å². The minimum Gasteiger partial charge on any atom is -0.388 e. The Morgan fingerprint density at radius 3 is 2.68 bits per heavy atom. The molecule has 1 heterocycles. The number of carbonyl (C=O) groups is 2. The third-order valence-corrected chi connectivity index (χ3v) is 3.51. The zero-order valence-electron chi connectivity index (χ0n) is 13.2. The lowest BCUT2D eigenvalue weighted by Gasteiger charge is -2.25. The second-order valence-electron chi connectivity index (χ2n) is 5.24. The monoisotopic (exact) mass is 318 g/mol. The van der Waals surface area contributed by atoms with Crippen LogP contribution >= 0.6 is 0 Å². The van der Waals surface area contributed by atoms with E-state index >= 15 is 0 Å². The number of methoxy groups -OCH3 is 1. The first-order valence-electron chi connectivity index (χ1n) is 7.52. The summed E-state index contributed by atoms with van der Waals surface area (Å²) in [6, 6.07) is -1.08. The third-order valence-electron chi connectivity index (χ3n) is 3.51. The van der Waals surface area contributed by atoms with Crippen LogP contribution in [0.2, 0.25) is 0 Å². The molecular formula is C14H26N2O6. The van der Waals surface area contributed by atoms with Crippen LogP contribution in [-0.4, -0.2) is 85.2 Å². The summed E-state index contributed by atoms with van der Waals surface area (Å²) in [7, 11) is 1.52. The van der Waals surface area contributed by atoms with Crippen molar-refractivity contribution in [2.45, 2.75) is 38.0 Å². The molecule has 3 atom stereocenters. The molecule has 0 spiro atoms. The van der Waals surface area contributed by atoms with E-state index < -0.39 is 30.1 Å². The molecule has 0 bridgehead atoms. The normalized spacial score (nSPS) is 24.5. The van der Waals surface area contributed by atoms with Crippen LogP contribution in [-0.2, 0) is 19.1 Å². The highest BCUT2D eigenvalue weighted by Gasteiger charge is 2.46. The Kier molecular flexibility index (Phi) is 8.32. The molecule has 8 nitrogen and oxygen atoms in total. The highest BCUT2D eigenvalue weighted by atomic mass is 16.5. The number of nitrogens with zero attached hydrogens (tertiary/aromatic N) is 1. The molecule has 8 heteroatoms. The van der Waals surface area contributed by atoms with Gasteiger partial charge in [-0.1, -0.05) is 13.3 Å². The first kappa shape index (κ1) is 18.8. The molecule has 0 saturated carbocycles. The number of likely N-dealkylation sites (tertiary alicyclic amines) is 1. The maximum absolute atomic E-state index is 12.1. The fraction of sp³-hybridized carbons (Fsp3) is 0.857. The van der Waals surface area contributed by atoms with Crippen LogP contribution in [0, 0.1) is 0 Å². The van der Waals surface area contributed by atoms with E-state index in [1.54, 1.807) is 0 Å². The van der Waals surface area contributed by atoms with Crippen molar-refractivity contribution in [3.05, 3.63) is 0 Å². The summed E-state index contributed by atoms with van der Waals surface area (Å²) >= 11 is 0. The number of nitrogens with one attached hydrogen (secondary N) is 1. The van der Waals surface area contributed by atoms with Crippen LogP contribution < -0.4 is 5.32 Å². The first-order chi connectivity index (χ1) is 10.5. The van der Waals surface area contributed by atoms with Crippen molar-refractivity contribution >= 4 is 11.8 Å². The SMILES string of the molecule is CCCCNC(=O)[C@@H]1[C@@H](O)[C@@H](O)CN1C(=O)COCCOC. The molecule has 0 aliphatic carbocycles. The van der Waals surface area contributed by atoms with Crippen molar-refractivity contribution in [1.82, 2.24) is 10.2 Å². The summed E-state index contributed by atoms with van der Waals surface area (Å²) in [5.74, 6) is -0.898. The molecule has 0 aromatic carbocycles. The van der Waals surface area contributed by atoms with Crippen LogP contribution in [0.5, 0.6) is 0 Å². The van der Waals surface area contributed by atoms with Crippen molar-refractivity contribution in [1.29, 1.82) is 0 Å². The molecule has 1 fully saturated rings. The number of aliphatic hydroxyl groups excluding tert-OH is 2. The number of rotatable bonds is 9. The molecule has 1 aliphatic rings. The number of hydrogen-bond acceptors (Lipinski definition) is 6. The zero-order valence-corrected chi connectivity index (χ0v) is 13.2. The fourth-order valence-corrected chi connectivity index (χ4v) is 2.25. The van der Waals surface area contributed by atoms with Crippen molar-refractivity contribution in [3.63, 3.8) is 0 Å². The molecule has 2 amide bonds. The lowest BCUT2D eigenvalue weighted by Crippen LogP contribution is -2.51. The predicted octanol–water partition coefficient (Wildman–Crippen LogP) is -1.50. The van der Waals surface area contributed by atoms with Gasteiger partial charge < -0.3 is 29.9 Å². The number of amides is 2. The Morgan fingerprint density at radius 2 is 2.05 bits per heavy atom. The minimum atomic E-state index is -1.29. The molecule has 0 aromatic heterocycles. The van der Waals surface area contributed by atoms with Gasteiger partial charge in [-0.2, -0.15) is 0 Å². The van der Waals surface area contributed by atoms with E-state index in [-0.39, 0.29) is 19.8 Å². The molecule has 0 unspecified atom stereocenters. The molecule has 0 radical (unpaired) electrons. The molecule has 1 rings (SSSR count). The van der Waals surface area contributed by atoms with E-state index in [1.165, 1.54) is 12.0 Å². The number of unbranched alkanes of at least 4 members (excludes halogenated alkanes) is 1. The van der Waals surface area contributed by atoms with Gasteiger partial charge in [0.1, 0.15) is 18.8 Å². The number of ether oxygens (including phenoxy) is 2. The molecule has 3 N–H and O–H groups in total. The Balaban J connectivity index is 2.58. The van der Waals surface area contributed by atoms with Crippen LogP contribution in [0.1, 0.15) is 19.8 Å². The zero-order chi connectivity index (χ0) is 16.5. The Morgan fingerprint density at radius 1 is 1.32 bits per heavy atom. The number of β-amino-alcohol motifs (C(OH)–C–C–N with tert-alkyl or cyclic N) is 1. The van der Waals surface area contributed by atoms with Crippen molar-refractivity contribution in [2.75, 3.05) is 40.0 Å². The van der Waals surface area contributed by atoms with Crippen LogP contribution in [0.4, 0.5) is 0 Å². The standard InChI is InChI=1S/C14H26N2O6/c1-3-4-5-15-14(20)12-13(19)10(17)8-16(12)11(18)9-22-7-6-21-2/h10,12-13,17,19H,3-9H2,1-2H3,(H,15,20)/t10-,12-,13-/m0/s1. The van der Waals surface area contributed by atoms with E-state index in [9.17, 15) is 19.8 Å². The van der Waals surface area contributed by atoms with Gasteiger partial charge in [0.2, 0.25) is 11.8 Å². The van der Waals surface area contributed by atoms with Crippen molar-refractivity contribution in [2.24, 2.45) is 0 Å². The summed E-state index contributed by atoms with van der Waals surface area (Å²) in [5.41, 5.74) is 0. The van der Waals surface area contributed by atoms with E-state index in [1.807, 2.05) is 6.92 Å². The van der Waals surface area contributed by atoms with Gasteiger partial charge in [-0.05, 0) is 6.42 Å². The second-order valence-corrected chi connectivity index (χ2v) is 5.24. The van der Waals surface area contributed by atoms with Gasteiger partial charge in [0.05, 0.1) is 25.9 Å². The van der Waals surface area contributed by atoms with Gasteiger partial charge in [-0.3, -0.25) is 9.59 Å². The van der Waals surface area contributed by atoms with Crippen LogP contribution in [0.15, 0.2) is 0 Å². The summed E-state index contributed by atoms with van der Waals surface area (Å²) < 4.78 is 9.94. The highest BCUT2D eigenvalue weighted by molar-refractivity contribution is 5.89. The average molecular weight is 318 g/mol. The predicted molar refractivity (Wildman–Crippen MR) is 78.1 cm³/mol. The third kappa shape index (κ3) is 5.20. The largest absolute Gasteiger partial charge is 0.388 e. The van der Waals surface area contributed by atoms with E-state index in [0.29, 0.717) is 13.2 Å². The molecule has 1 aliphatic heterocycles. The summed E-state index contributed by atoms with van der Waals surface area (Å²) in [6.07, 6.45) is -0.688. The Bertz CT molecular complexity index is 365. The molecule has 128 valence electrons. The molecule has 1 saturated heterocycles. The summed E-state index contributed by atoms with van der Waals surface area (Å²) in [6.45, 7) is 2.78. The number of hydrogen-bond donors (Lipinski definition) is 3. The van der Waals surface area contributed by atoms with Gasteiger partial charge in [-0.15, -0.1) is 0 Å². The lowest BCUT2D eigenvalue weighted by atomic mass is 10.1. The lowest BCUT2D eigenvalue weighted by molar-refractivity contribution is -0.144. The van der Waals surface area contributed by atoms with Crippen molar-refractivity contribution < 1.29 is 29.3 Å². The fourth-order valence-electron chi connectivity index (χ4n) is 2.25. The Labute approximate surface area is 130 Å². The molecule has 22 heavy (non-hydrogen) atoms. The van der Waals surface area contributed by atoms with E-state index in [2.05, 4.69) is 5.32 Å². The minimum absolute atomic E-state index is 0.0838. The second kappa shape index (κ2) is 9.73. The average Bonchev–Trinajstić information content (AvgIpc) is 2.79. The van der Waals surface area contributed by atoms with Crippen molar-refractivity contribution in [3.8, 4) is 0 Å². The topological polar surface area (TPSA) is 108 Å². The summed E-state index contributed by atoms with van der Waals surface area (Å²) in [5, 5.41) is 22.4. The number of carbonyl (C=O) groups excluding carboxylic acids is 2. The van der Waals surface area contributed by atoms with Gasteiger partial charge in [-0.25, -0.2) is 0 Å². The maximum atomic E-state index is 12.1. The van der Waals surface area contributed by atoms with Gasteiger partial charge in [0.15, 0.2) is 0 Å². The molecular weight excluding hydrogens is 292 g/mol. The number of aliphatic hydroxyl groups is 2. The van der Waals surface area contributed by atoms with Crippen LogP contribution in [0.3, 0.4) is 0 Å². The molecule has 0 aromatic rings. The van der Waals surface area contributed by atoms with Gasteiger partial charge in [0, 0.05) is 13.7 Å². The van der Waals surface area contributed by atoms with E-state index in [4.69, 9.17) is 9.47 Å². The first-order valence-corrected chi connectivity index (χ1v) is 7.52. The maximum Gasteiger partial charge on any atom is 0.249 e.